The Morgan fingerprint density at radius 2 is 2.15 bits per heavy atom. The number of methoxy groups -OCH3 is 1. The van der Waals surface area contributed by atoms with Crippen molar-refractivity contribution in [1.82, 2.24) is 4.98 Å². The summed E-state index contributed by atoms with van der Waals surface area (Å²) in [6.45, 7) is 1.55. The number of nitrogens with two attached hydrogens (primary N) is 1. The van der Waals surface area contributed by atoms with Crippen molar-refractivity contribution < 1.29 is 13.9 Å². The van der Waals surface area contributed by atoms with Crippen molar-refractivity contribution in [3.05, 3.63) is 47.4 Å². The quantitative estimate of drug-likeness (QED) is 0.843. The molecule has 104 valence electrons. The minimum absolute atomic E-state index is 0.0988. The maximum Gasteiger partial charge on any atom is 0.258 e. The zero-order valence-electron chi connectivity index (χ0n) is 11.1. The maximum atomic E-state index is 13.9. The lowest BCUT2D eigenvalue weighted by Gasteiger charge is -2.09. The average Bonchev–Trinajstić information content (AvgIpc) is 2.43. The molecule has 5 nitrogen and oxygen atoms in total. The van der Waals surface area contributed by atoms with E-state index in [0.717, 1.165) is 0 Å². The standard InChI is InChI=1S/C14H14FN3O2/c1-8-5-9(16)6-11(13(8)15)14(19)18-10-3-4-12(20-2)17-7-10/h3-7H,16H2,1-2H3,(H,18,19). The van der Waals surface area contributed by atoms with Gasteiger partial charge in [0.25, 0.3) is 5.91 Å². The van der Waals surface area contributed by atoms with E-state index in [1.165, 1.54) is 25.4 Å². The zero-order valence-corrected chi connectivity index (χ0v) is 11.1. The number of nitrogens with zero attached hydrogens (tertiary/aromatic N) is 1. The first-order valence-electron chi connectivity index (χ1n) is 5.88. The van der Waals surface area contributed by atoms with E-state index in [9.17, 15) is 9.18 Å². The molecule has 1 heterocycles. The number of benzene rings is 1. The topological polar surface area (TPSA) is 77.2 Å². The first-order chi connectivity index (χ1) is 9.51. The summed E-state index contributed by atoms with van der Waals surface area (Å²) in [4.78, 5) is 16.0. The summed E-state index contributed by atoms with van der Waals surface area (Å²) in [5, 5.41) is 2.55. The Hall–Kier alpha value is -2.63. The monoisotopic (exact) mass is 275 g/mol. The first-order valence-corrected chi connectivity index (χ1v) is 5.88. The number of hydrogen-bond donors (Lipinski definition) is 2. The molecule has 0 radical (unpaired) electrons. The van der Waals surface area contributed by atoms with Crippen LogP contribution in [-0.4, -0.2) is 18.0 Å². The molecule has 0 aliphatic rings. The maximum absolute atomic E-state index is 13.9. The molecule has 1 aromatic heterocycles. The lowest BCUT2D eigenvalue weighted by molar-refractivity contribution is 0.102. The van der Waals surface area contributed by atoms with Crippen LogP contribution >= 0.6 is 0 Å². The predicted octanol–water partition coefficient (Wildman–Crippen LogP) is 2.37. The van der Waals surface area contributed by atoms with Crippen molar-refractivity contribution in [3.8, 4) is 5.88 Å². The van der Waals surface area contributed by atoms with Gasteiger partial charge in [0.15, 0.2) is 0 Å². The number of nitrogens with one attached hydrogen (secondary N) is 1. The van der Waals surface area contributed by atoms with Crippen LogP contribution in [0.4, 0.5) is 15.8 Å². The fourth-order valence-corrected chi connectivity index (χ4v) is 1.74. The fraction of sp³-hybridized carbons (Fsp3) is 0.143. The third-order valence-electron chi connectivity index (χ3n) is 2.72. The fourth-order valence-electron chi connectivity index (χ4n) is 1.74. The summed E-state index contributed by atoms with van der Waals surface area (Å²) in [5.41, 5.74) is 6.62. The lowest BCUT2D eigenvalue weighted by atomic mass is 10.1. The molecule has 6 heteroatoms. The number of pyridine rings is 1. The summed E-state index contributed by atoms with van der Waals surface area (Å²) in [6, 6.07) is 5.98. The van der Waals surface area contributed by atoms with Crippen LogP contribution in [0.3, 0.4) is 0 Å². The van der Waals surface area contributed by atoms with Gasteiger partial charge >= 0.3 is 0 Å². The van der Waals surface area contributed by atoms with Crippen LogP contribution in [0.15, 0.2) is 30.5 Å². The lowest BCUT2D eigenvalue weighted by Crippen LogP contribution is -2.15. The van der Waals surface area contributed by atoms with Crippen LogP contribution in [0.5, 0.6) is 5.88 Å². The van der Waals surface area contributed by atoms with E-state index in [0.29, 0.717) is 22.8 Å². The van der Waals surface area contributed by atoms with Gasteiger partial charge in [-0.15, -0.1) is 0 Å². The SMILES string of the molecule is COc1ccc(NC(=O)c2cc(N)cc(C)c2F)cn1. The molecule has 1 amide bonds. The number of halogens is 1. The Labute approximate surface area is 115 Å². The highest BCUT2D eigenvalue weighted by molar-refractivity contribution is 6.05. The number of ether oxygens (including phenoxy) is 1. The predicted molar refractivity (Wildman–Crippen MR) is 74.3 cm³/mol. The molecule has 0 bridgehead atoms. The van der Waals surface area contributed by atoms with E-state index >= 15 is 0 Å². The van der Waals surface area contributed by atoms with Crippen molar-refractivity contribution in [1.29, 1.82) is 0 Å². The number of rotatable bonds is 3. The van der Waals surface area contributed by atoms with E-state index in [1.807, 2.05) is 0 Å². The summed E-state index contributed by atoms with van der Waals surface area (Å²) < 4.78 is 18.8. The highest BCUT2D eigenvalue weighted by atomic mass is 19.1. The van der Waals surface area contributed by atoms with Gasteiger partial charge in [-0.3, -0.25) is 4.79 Å². The Morgan fingerprint density at radius 1 is 1.40 bits per heavy atom. The molecule has 0 atom stereocenters. The molecule has 0 unspecified atom stereocenters. The van der Waals surface area contributed by atoms with Crippen LogP contribution < -0.4 is 15.8 Å². The normalized spacial score (nSPS) is 10.2. The second kappa shape index (κ2) is 5.56. The molecule has 1 aromatic carbocycles. The number of anilines is 2. The molecule has 0 spiro atoms. The Kier molecular flexibility index (Phi) is 3.84. The van der Waals surface area contributed by atoms with Crippen molar-refractivity contribution in [3.63, 3.8) is 0 Å². The number of aryl methyl sites for hydroxylation is 1. The third-order valence-corrected chi connectivity index (χ3v) is 2.72. The van der Waals surface area contributed by atoms with E-state index in [-0.39, 0.29) is 5.56 Å². The van der Waals surface area contributed by atoms with Crippen molar-refractivity contribution in [2.45, 2.75) is 6.92 Å². The highest BCUT2D eigenvalue weighted by Crippen LogP contribution is 2.19. The van der Waals surface area contributed by atoms with Crippen LogP contribution in [0, 0.1) is 12.7 Å². The van der Waals surface area contributed by atoms with Crippen molar-refractivity contribution in [2.24, 2.45) is 0 Å². The molecule has 0 saturated heterocycles. The van der Waals surface area contributed by atoms with E-state index in [1.54, 1.807) is 19.1 Å². The molecule has 0 aliphatic carbocycles. The highest BCUT2D eigenvalue weighted by Gasteiger charge is 2.15. The van der Waals surface area contributed by atoms with Gasteiger partial charge in [0.1, 0.15) is 5.82 Å². The zero-order chi connectivity index (χ0) is 14.7. The van der Waals surface area contributed by atoms with Crippen molar-refractivity contribution in [2.75, 3.05) is 18.2 Å². The molecule has 0 saturated carbocycles. The average molecular weight is 275 g/mol. The van der Waals surface area contributed by atoms with E-state index in [4.69, 9.17) is 10.5 Å². The van der Waals surface area contributed by atoms with E-state index < -0.39 is 11.7 Å². The minimum Gasteiger partial charge on any atom is -0.481 e. The molecule has 20 heavy (non-hydrogen) atoms. The second-order valence-electron chi connectivity index (χ2n) is 4.24. The van der Waals surface area contributed by atoms with Gasteiger partial charge in [0.05, 0.1) is 24.6 Å². The van der Waals surface area contributed by atoms with Gasteiger partial charge in [0, 0.05) is 11.8 Å². The molecule has 0 fully saturated rings. The molecule has 2 rings (SSSR count). The van der Waals surface area contributed by atoms with Gasteiger partial charge in [-0.05, 0) is 30.7 Å². The molecule has 3 N–H and O–H groups in total. The van der Waals surface area contributed by atoms with Gasteiger partial charge < -0.3 is 15.8 Å². The van der Waals surface area contributed by atoms with Crippen LogP contribution in [0.2, 0.25) is 0 Å². The van der Waals surface area contributed by atoms with Crippen molar-refractivity contribution >= 4 is 17.3 Å². The number of hydrogen-bond acceptors (Lipinski definition) is 4. The summed E-state index contributed by atoms with van der Waals surface area (Å²) in [7, 11) is 1.49. The van der Waals surface area contributed by atoms with Crippen LogP contribution in [0.1, 0.15) is 15.9 Å². The van der Waals surface area contributed by atoms with Gasteiger partial charge in [0.2, 0.25) is 5.88 Å². The second-order valence-corrected chi connectivity index (χ2v) is 4.24. The Bertz CT molecular complexity index is 642. The van der Waals surface area contributed by atoms with E-state index in [2.05, 4.69) is 10.3 Å². The van der Waals surface area contributed by atoms with Crippen LogP contribution in [-0.2, 0) is 0 Å². The summed E-state index contributed by atoms with van der Waals surface area (Å²) >= 11 is 0. The van der Waals surface area contributed by atoms with Gasteiger partial charge in [-0.1, -0.05) is 0 Å². The van der Waals surface area contributed by atoms with Gasteiger partial charge in [-0.25, -0.2) is 9.37 Å². The Morgan fingerprint density at radius 3 is 2.75 bits per heavy atom. The number of carbonyl (C=O) groups is 1. The number of nitrogen functional groups attached to an aromatic ring is 1. The third kappa shape index (κ3) is 2.85. The summed E-state index contributed by atoms with van der Waals surface area (Å²) in [5.74, 6) is -0.739. The molecular formula is C14H14FN3O2. The summed E-state index contributed by atoms with van der Waals surface area (Å²) in [6.07, 6.45) is 1.42. The minimum atomic E-state index is -0.585. The van der Waals surface area contributed by atoms with Gasteiger partial charge in [-0.2, -0.15) is 0 Å². The molecule has 0 aliphatic heterocycles. The number of carbonyl (C=O) groups excluding carboxylic acids is 1. The first kappa shape index (κ1) is 13.8. The Balaban J connectivity index is 2.23. The molecular weight excluding hydrogens is 261 g/mol. The largest absolute Gasteiger partial charge is 0.481 e. The number of aromatic nitrogens is 1. The smallest absolute Gasteiger partial charge is 0.258 e. The molecule has 2 aromatic rings. The van der Waals surface area contributed by atoms with Crippen LogP contribution in [0.25, 0.3) is 0 Å². The number of amides is 1.